The SMILES string of the molecule is CC(=O)Oc1ccc2c(c1)[C@]13CCN[C@H](C2)C1(OC(C)=O)CCC(=O)C3. The minimum atomic E-state index is -0.729. The molecule has 0 aromatic heterocycles. The summed E-state index contributed by atoms with van der Waals surface area (Å²) < 4.78 is 11.3. The number of hydrogen-bond donors (Lipinski definition) is 1. The summed E-state index contributed by atoms with van der Waals surface area (Å²) in [7, 11) is 0. The summed E-state index contributed by atoms with van der Waals surface area (Å²) in [4.78, 5) is 35.8. The highest BCUT2D eigenvalue weighted by Crippen LogP contribution is 2.57. The molecule has 1 unspecified atom stereocenters. The maximum atomic E-state index is 12.5. The first-order chi connectivity index (χ1) is 12.4. The topological polar surface area (TPSA) is 81.7 Å². The lowest BCUT2D eigenvalue weighted by molar-refractivity contribution is -0.189. The van der Waals surface area contributed by atoms with Crippen LogP contribution < -0.4 is 10.1 Å². The largest absolute Gasteiger partial charge is 0.457 e. The maximum absolute atomic E-state index is 12.5. The molecule has 26 heavy (non-hydrogen) atoms. The van der Waals surface area contributed by atoms with Crippen LogP contribution in [0.4, 0.5) is 0 Å². The Bertz CT molecular complexity index is 803. The predicted molar refractivity (Wildman–Crippen MR) is 92.9 cm³/mol. The molecule has 1 aromatic rings. The molecule has 2 bridgehead atoms. The molecule has 138 valence electrons. The van der Waals surface area contributed by atoms with Crippen molar-refractivity contribution in [3.8, 4) is 5.75 Å². The third kappa shape index (κ3) is 2.39. The zero-order valence-corrected chi connectivity index (χ0v) is 15.1. The van der Waals surface area contributed by atoms with Gasteiger partial charge in [0.2, 0.25) is 0 Å². The summed E-state index contributed by atoms with van der Waals surface area (Å²) in [5, 5.41) is 3.52. The van der Waals surface area contributed by atoms with Gasteiger partial charge in [-0.2, -0.15) is 0 Å². The van der Waals surface area contributed by atoms with Crippen molar-refractivity contribution in [1.82, 2.24) is 5.32 Å². The second-order valence-corrected chi connectivity index (χ2v) is 7.65. The second kappa shape index (κ2) is 5.91. The quantitative estimate of drug-likeness (QED) is 0.642. The predicted octanol–water partition coefficient (Wildman–Crippen LogP) is 1.82. The standard InChI is InChI=1S/C20H23NO5/c1-12(22)25-16-4-3-14-9-18-20(26-13(2)23)6-5-15(24)11-19(20,7-8-21-18)17(14)10-16/h3-4,10,18,21H,5-9,11H2,1-2H3/t18-,19-,20?/m1/s1. The Balaban J connectivity index is 1.91. The molecule has 0 radical (unpaired) electrons. The lowest BCUT2D eigenvalue weighted by Gasteiger charge is -2.61. The Morgan fingerprint density at radius 3 is 2.73 bits per heavy atom. The van der Waals surface area contributed by atoms with E-state index in [1.807, 2.05) is 12.1 Å². The third-order valence-corrected chi connectivity index (χ3v) is 6.20. The van der Waals surface area contributed by atoms with Crippen LogP contribution in [-0.4, -0.2) is 35.9 Å². The molecule has 1 saturated carbocycles. The van der Waals surface area contributed by atoms with Gasteiger partial charge in [0.1, 0.15) is 17.1 Å². The molecule has 6 heteroatoms. The van der Waals surface area contributed by atoms with E-state index in [2.05, 4.69) is 5.32 Å². The summed E-state index contributed by atoms with van der Waals surface area (Å²) in [6.45, 7) is 3.56. The van der Waals surface area contributed by atoms with Crippen LogP contribution in [0.5, 0.6) is 5.75 Å². The zero-order valence-electron chi connectivity index (χ0n) is 15.1. The number of Topliss-reactive ketones (excluding diaryl/α,β-unsaturated/α-hetero) is 1. The molecule has 0 spiro atoms. The van der Waals surface area contributed by atoms with Crippen LogP contribution in [0.25, 0.3) is 0 Å². The molecule has 1 N–H and O–H groups in total. The van der Waals surface area contributed by atoms with Gasteiger partial charge in [0.05, 0.1) is 6.04 Å². The first-order valence-electron chi connectivity index (χ1n) is 9.13. The molecular weight excluding hydrogens is 334 g/mol. The van der Waals surface area contributed by atoms with Crippen LogP contribution in [0, 0.1) is 0 Å². The van der Waals surface area contributed by atoms with Crippen molar-refractivity contribution >= 4 is 17.7 Å². The van der Waals surface area contributed by atoms with E-state index in [9.17, 15) is 14.4 Å². The maximum Gasteiger partial charge on any atom is 0.308 e. The molecule has 6 nitrogen and oxygen atoms in total. The van der Waals surface area contributed by atoms with E-state index in [0.717, 1.165) is 24.1 Å². The van der Waals surface area contributed by atoms with Crippen molar-refractivity contribution in [2.45, 2.75) is 63.0 Å². The van der Waals surface area contributed by atoms with Gasteiger partial charge in [0.15, 0.2) is 0 Å². The minimum absolute atomic E-state index is 0.0136. The fraction of sp³-hybridized carbons (Fsp3) is 0.550. The van der Waals surface area contributed by atoms with Crippen LogP contribution in [0.1, 0.15) is 50.7 Å². The van der Waals surface area contributed by atoms with Gasteiger partial charge < -0.3 is 14.8 Å². The van der Waals surface area contributed by atoms with Crippen LogP contribution in [0.15, 0.2) is 18.2 Å². The van der Waals surface area contributed by atoms with Gasteiger partial charge in [-0.15, -0.1) is 0 Å². The highest BCUT2D eigenvalue weighted by Gasteiger charge is 2.65. The van der Waals surface area contributed by atoms with Crippen molar-refractivity contribution in [2.24, 2.45) is 0 Å². The first kappa shape index (κ1) is 17.2. The van der Waals surface area contributed by atoms with E-state index in [4.69, 9.17) is 9.47 Å². The van der Waals surface area contributed by atoms with E-state index in [1.54, 1.807) is 6.07 Å². The Morgan fingerprint density at radius 2 is 2.00 bits per heavy atom. The van der Waals surface area contributed by atoms with Crippen molar-refractivity contribution in [3.05, 3.63) is 29.3 Å². The van der Waals surface area contributed by atoms with Crippen molar-refractivity contribution in [3.63, 3.8) is 0 Å². The van der Waals surface area contributed by atoms with E-state index in [0.29, 0.717) is 31.4 Å². The molecule has 3 atom stereocenters. The fourth-order valence-corrected chi connectivity index (χ4v) is 5.37. The number of piperidine rings is 1. The van der Waals surface area contributed by atoms with Crippen LogP contribution in [0.2, 0.25) is 0 Å². The Hall–Kier alpha value is -2.21. The summed E-state index contributed by atoms with van der Waals surface area (Å²) in [5.74, 6) is -0.0408. The minimum Gasteiger partial charge on any atom is -0.457 e. The third-order valence-electron chi connectivity index (χ3n) is 6.20. The number of ether oxygens (including phenoxy) is 2. The lowest BCUT2D eigenvalue weighted by atomic mass is 9.49. The number of carbonyl (C=O) groups is 3. The molecule has 2 aliphatic carbocycles. The monoisotopic (exact) mass is 357 g/mol. The van der Waals surface area contributed by atoms with Crippen molar-refractivity contribution in [2.75, 3.05) is 6.54 Å². The van der Waals surface area contributed by atoms with Crippen molar-refractivity contribution in [1.29, 1.82) is 0 Å². The number of carbonyl (C=O) groups excluding carboxylic acids is 3. The molecule has 1 aliphatic heterocycles. The smallest absolute Gasteiger partial charge is 0.308 e. The van der Waals surface area contributed by atoms with Gasteiger partial charge in [-0.05, 0) is 49.1 Å². The Kier molecular flexibility index (Phi) is 3.91. The average Bonchev–Trinajstić information content (AvgIpc) is 2.55. The van der Waals surface area contributed by atoms with Gasteiger partial charge >= 0.3 is 11.9 Å². The lowest BCUT2D eigenvalue weighted by Crippen LogP contribution is -2.73. The van der Waals surface area contributed by atoms with Gasteiger partial charge in [0.25, 0.3) is 0 Å². The summed E-state index contributed by atoms with van der Waals surface area (Å²) >= 11 is 0. The van der Waals surface area contributed by atoms with Gasteiger partial charge in [-0.3, -0.25) is 14.4 Å². The van der Waals surface area contributed by atoms with E-state index in [1.165, 1.54) is 13.8 Å². The molecule has 3 aliphatic rings. The number of ketones is 1. The molecule has 1 aromatic carbocycles. The van der Waals surface area contributed by atoms with Crippen LogP contribution in [-0.2, 0) is 31.0 Å². The fourth-order valence-electron chi connectivity index (χ4n) is 5.37. The molecule has 0 amide bonds. The van der Waals surface area contributed by atoms with E-state index >= 15 is 0 Å². The van der Waals surface area contributed by atoms with E-state index in [-0.39, 0.29) is 23.8 Å². The van der Waals surface area contributed by atoms with Crippen LogP contribution in [0.3, 0.4) is 0 Å². The first-order valence-corrected chi connectivity index (χ1v) is 9.13. The normalized spacial score (nSPS) is 32.2. The summed E-state index contributed by atoms with van der Waals surface area (Å²) in [6.07, 6.45) is 2.74. The molecule has 1 saturated heterocycles. The zero-order chi connectivity index (χ0) is 18.5. The molecular formula is C20H23NO5. The molecule has 4 rings (SSSR count). The molecule has 2 fully saturated rings. The number of nitrogens with one attached hydrogen (secondary N) is 1. The highest BCUT2D eigenvalue weighted by molar-refractivity contribution is 5.83. The Labute approximate surface area is 152 Å². The van der Waals surface area contributed by atoms with Gasteiger partial charge in [-0.1, -0.05) is 6.07 Å². The number of esters is 2. The number of rotatable bonds is 2. The number of hydrogen-bond acceptors (Lipinski definition) is 6. The van der Waals surface area contributed by atoms with Crippen molar-refractivity contribution < 1.29 is 23.9 Å². The highest BCUT2D eigenvalue weighted by atomic mass is 16.6. The average molecular weight is 357 g/mol. The molecule has 1 heterocycles. The summed E-state index contributed by atoms with van der Waals surface area (Å²) in [6, 6.07) is 5.61. The van der Waals surface area contributed by atoms with Gasteiger partial charge in [-0.25, -0.2) is 0 Å². The van der Waals surface area contributed by atoms with Gasteiger partial charge in [0, 0.05) is 32.1 Å². The summed E-state index contributed by atoms with van der Waals surface area (Å²) in [5.41, 5.74) is 0.819. The Morgan fingerprint density at radius 1 is 1.19 bits per heavy atom. The van der Waals surface area contributed by atoms with E-state index < -0.39 is 11.0 Å². The number of fused-ring (bicyclic) bond motifs is 1. The second-order valence-electron chi connectivity index (χ2n) is 7.65. The number of benzene rings is 1. The van der Waals surface area contributed by atoms with Crippen LogP contribution >= 0.6 is 0 Å².